The second kappa shape index (κ2) is 2.81. The summed E-state index contributed by atoms with van der Waals surface area (Å²) in [6, 6.07) is 10.7. The Balaban J connectivity index is 2.79. The first-order valence-corrected chi connectivity index (χ1v) is 3.70. The van der Waals surface area contributed by atoms with E-state index in [9.17, 15) is 0 Å². The van der Waals surface area contributed by atoms with Gasteiger partial charge in [0.05, 0.1) is 7.11 Å². The molecule has 0 saturated heterocycles. The zero-order valence-electron chi connectivity index (χ0n) is 6.74. The molecular weight excluding hydrogens is 150 g/mol. The molecule has 0 atom stereocenters. The summed E-state index contributed by atoms with van der Waals surface area (Å²) >= 11 is 0. The van der Waals surface area contributed by atoms with E-state index in [0.29, 0.717) is 5.88 Å². The molecule has 2 heteroatoms. The van der Waals surface area contributed by atoms with Gasteiger partial charge in [0, 0.05) is 11.6 Å². The van der Waals surface area contributed by atoms with Gasteiger partial charge in [0.2, 0.25) is 5.88 Å². The summed E-state index contributed by atoms with van der Waals surface area (Å²) in [6.45, 7) is 0. The average Bonchev–Trinajstić information content (AvgIpc) is 2.17. The van der Waals surface area contributed by atoms with Crippen LogP contribution in [0.2, 0.25) is 0 Å². The van der Waals surface area contributed by atoms with Gasteiger partial charge in [0.25, 0.3) is 0 Å². The largest absolute Gasteiger partial charge is 0.481 e. The van der Waals surface area contributed by atoms with Crippen LogP contribution in [0.1, 0.15) is 0 Å². The summed E-state index contributed by atoms with van der Waals surface area (Å²) in [4.78, 5) is 4.09. The molecule has 1 heterocycles. The number of fused-ring (bicyclic) bond motifs is 1. The summed E-state index contributed by atoms with van der Waals surface area (Å²) in [5, 5.41) is 2.13. The smallest absolute Gasteiger partial charge is 0.221 e. The number of rotatable bonds is 1. The van der Waals surface area contributed by atoms with Crippen molar-refractivity contribution in [3.05, 3.63) is 36.5 Å². The molecule has 1 aromatic heterocycles. The van der Waals surface area contributed by atoms with Gasteiger partial charge in [-0.25, -0.2) is 4.98 Å². The molecule has 2 aromatic rings. The van der Waals surface area contributed by atoms with Gasteiger partial charge in [-0.3, -0.25) is 0 Å². The number of hydrogen-bond donors (Lipinski definition) is 0. The molecule has 1 radical (unpaired) electrons. The van der Waals surface area contributed by atoms with Crippen LogP contribution in [0, 0.1) is 6.07 Å². The monoisotopic (exact) mass is 158 g/mol. The molecule has 0 N–H and O–H groups in total. The van der Waals surface area contributed by atoms with Gasteiger partial charge in [-0.2, -0.15) is 0 Å². The fourth-order valence-electron chi connectivity index (χ4n) is 1.19. The van der Waals surface area contributed by atoms with Gasteiger partial charge in [-0.05, 0) is 29.7 Å². The Morgan fingerprint density at radius 3 is 3.17 bits per heavy atom. The van der Waals surface area contributed by atoms with E-state index in [1.54, 1.807) is 13.3 Å². The number of nitrogens with zero attached hydrogens (tertiary/aromatic N) is 1. The number of methoxy groups -OCH3 is 1. The molecule has 0 aliphatic carbocycles. The molecule has 0 spiro atoms. The number of aromatic nitrogens is 1. The van der Waals surface area contributed by atoms with E-state index in [0.717, 1.165) is 10.8 Å². The van der Waals surface area contributed by atoms with Gasteiger partial charge in [-0.1, -0.05) is 6.07 Å². The van der Waals surface area contributed by atoms with E-state index >= 15 is 0 Å². The zero-order valence-corrected chi connectivity index (χ0v) is 6.74. The Kier molecular flexibility index (Phi) is 1.67. The molecule has 0 aliphatic rings. The van der Waals surface area contributed by atoms with Crippen LogP contribution in [-0.2, 0) is 0 Å². The first-order chi connectivity index (χ1) is 5.92. The van der Waals surface area contributed by atoms with Crippen LogP contribution < -0.4 is 4.74 Å². The molecule has 12 heavy (non-hydrogen) atoms. The topological polar surface area (TPSA) is 22.1 Å². The van der Waals surface area contributed by atoms with Crippen LogP contribution in [0.3, 0.4) is 0 Å². The summed E-state index contributed by atoms with van der Waals surface area (Å²) in [6.07, 6.45) is 1.73. The lowest BCUT2D eigenvalue weighted by molar-refractivity contribution is 0.403. The zero-order chi connectivity index (χ0) is 8.39. The Morgan fingerprint density at radius 2 is 2.33 bits per heavy atom. The van der Waals surface area contributed by atoms with E-state index in [4.69, 9.17) is 4.74 Å². The lowest BCUT2D eigenvalue weighted by Gasteiger charge is -2.01. The number of hydrogen-bond acceptors (Lipinski definition) is 2. The predicted molar refractivity (Wildman–Crippen MR) is 47.1 cm³/mol. The van der Waals surface area contributed by atoms with Crippen molar-refractivity contribution < 1.29 is 4.74 Å². The third-order valence-corrected chi connectivity index (χ3v) is 1.77. The molecule has 1 aromatic carbocycles. The maximum absolute atomic E-state index is 5.10. The highest BCUT2D eigenvalue weighted by Gasteiger charge is 1.98. The highest BCUT2D eigenvalue weighted by atomic mass is 16.5. The molecule has 0 unspecified atom stereocenters. The summed E-state index contributed by atoms with van der Waals surface area (Å²) in [5.74, 6) is 0.668. The minimum atomic E-state index is 0.668. The molecule has 2 rings (SSSR count). The van der Waals surface area contributed by atoms with Crippen molar-refractivity contribution in [1.82, 2.24) is 4.98 Å². The van der Waals surface area contributed by atoms with Gasteiger partial charge in [-0.15, -0.1) is 0 Å². The van der Waals surface area contributed by atoms with Crippen LogP contribution >= 0.6 is 0 Å². The average molecular weight is 158 g/mol. The first kappa shape index (κ1) is 7.10. The molecular formula is C10H8NO. The maximum Gasteiger partial charge on any atom is 0.221 e. The lowest BCUT2D eigenvalue weighted by atomic mass is 10.2. The highest BCUT2D eigenvalue weighted by Crippen LogP contribution is 2.21. The van der Waals surface area contributed by atoms with Crippen molar-refractivity contribution in [2.45, 2.75) is 0 Å². The van der Waals surface area contributed by atoms with E-state index < -0.39 is 0 Å². The molecule has 0 saturated carbocycles. The minimum absolute atomic E-state index is 0.668. The highest BCUT2D eigenvalue weighted by molar-refractivity contribution is 5.86. The van der Waals surface area contributed by atoms with Crippen molar-refractivity contribution >= 4 is 10.8 Å². The molecule has 0 fully saturated rings. The fraction of sp³-hybridized carbons (Fsp3) is 0.100. The third kappa shape index (κ3) is 1.01. The molecule has 2 nitrogen and oxygen atoms in total. The number of ether oxygens (including phenoxy) is 1. The van der Waals surface area contributed by atoms with Crippen LogP contribution in [-0.4, -0.2) is 12.1 Å². The molecule has 0 aliphatic heterocycles. The van der Waals surface area contributed by atoms with E-state index in [1.165, 1.54) is 0 Å². The summed E-state index contributed by atoms with van der Waals surface area (Å²) < 4.78 is 5.10. The van der Waals surface area contributed by atoms with Crippen molar-refractivity contribution in [3.63, 3.8) is 0 Å². The van der Waals surface area contributed by atoms with E-state index in [2.05, 4.69) is 11.1 Å². The third-order valence-electron chi connectivity index (χ3n) is 1.77. The van der Waals surface area contributed by atoms with Crippen LogP contribution in [0.4, 0.5) is 0 Å². The Bertz CT molecular complexity index is 392. The Labute approximate surface area is 70.8 Å². The second-order valence-electron chi connectivity index (χ2n) is 2.47. The van der Waals surface area contributed by atoms with E-state index in [-0.39, 0.29) is 0 Å². The normalized spacial score (nSPS) is 10.1. The van der Waals surface area contributed by atoms with E-state index in [1.807, 2.05) is 24.3 Å². The lowest BCUT2D eigenvalue weighted by Crippen LogP contribution is -1.87. The van der Waals surface area contributed by atoms with Gasteiger partial charge in [0.15, 0.2) is 0 Å². The molecule has 59 valence electrons. The molecule has 0 amide bonds. The Hall–Kier alpha value is -1.57. The standard InChI is InChI=1S/C10H8NO/c1-12-10-9-5-3-2-4-8(9)6-7-11-10/h3-7H,1H3. The van der Waals surface area contributed by atoms with Crippen LogP contribution in [0.15, 0.2) is 30.5 Å². The Morgan fingerprint density at radius 1 is 1.42 bits per heavy atom. The van der Waals surface area contributed by atoms with Gasteiger partial charge < -0.3 is 4.74 Å². The van der Waals surface area contributed by atoms with Gasteiger partial charge >= 0.3 is 0 Å². The van der Waals surface area contributed by atoms with Crippen molar-refractivity contribution in [3.8, 4) is 5.88 Å². The van der Waals surface area contributed by atoms with Crippen molar-refractivity contribution in [2.75, 3.05) is 7.11 Å². The first-order valence-electron chi connectivity index (χ1n) is 3.70. The fourth-order valence-corrected chi connectivity index (χ4v) is 1.19. The number of benzene rings is 1. The summed E-state index contributed by atoms with van der Waals surface area (Å²) in [7, 11) is 1.62. The predicted octanol–water partition coefficient (Wildman–Crippen LogP) is 2.04. The van der Waals surface area contributed by atoms with Gasteiger partial charge in [0.1, 0.15) is 0 Å². The minimum Gasteiger partial charge on any atom is -0.481 e. The molecule has 0 bridgehead atoms. The van der Waals surface area contributed by atoms with Crippen molar-refractivity contribution in [2.24, 2.45) is 0 Å². The van der Waals surface area contributed by atoms with Crippen LogP contribution in [0.5, 0.6) is 5.88 Å². The number of pyridine rings is 1. The quantitative estimate of drug-likeness (QED) is 0.633. The van der Waals surface area contributed by atoms with Crippen molar-refractivity contribution in [1.29, 1.82) is 0 Å². The van der Waals surface area contributed by atoms with Crippen LogP contribution in [0.25, 0.3) is 10.8 Å². The second-order valence-corrected chi connectivity index (χ2v) is 2.47. The summed E-state index contributed by atoms with van der Waals surface area (Å²) in [5.41, 5.74) is 0. The SMILES string of the molecule is COc1nccc2c[c]ccc12. The maximum atomic E-state index is 5.10.